The molecule has 2 heterocycles. The highest BCUT2D eigenvalue weighted by Gasteiger charge is 1.88. The molecule has 2 aromatic carbocycles. The first-order valence-electron chi connectivity index (χ1n) is 7.17. The zero-order valence-corrected chi connectivity index (χ0v) is 15.2. The second-order valence-corrected chi connectivity index (χ2v) is 7.76. The zero-order valence-electron chi connectivity index (χ0n) is 12.7. The summed E-state index contributed by atoms with van der Waals surface area (Å²) in [6, 6.07) is 21.1. The predicted octanol–water partition coefficient (Wildman–Crippen LogP) is 5.42. The van der Waals surface area contributed by atoms with Crippen LogP contribution in [-0.4, -0.2) is 14.2 Å². The van der Waals surface area contributed by atoms with Gasteiger partial charge in [0.2, 0.25) is 0 Å². The van der Waals surface area contributed by atoms with Crippen LogP contribution in [-0.2, 0) is 10.7 Å². The number of hydrogen-bond acceptors (Lipinski definition) is 4. The van der Waals surface area contributed by atoms with E-state index < -0.39 is 10.7 Å². The van der Waals surface area contributed by atoms with Gasteiger partial charge in [0.15, 0.2) is 0 Å². The number of rotatable bonds is 1. The van der Waals surface area contributed by atoms with Gasteiger partial charge in [-0.05, 0) is 45.8 Å². The second kappa shape index (κ2) is 9.45. The summed E-state index contributed by atoms with van der Waals surface area (Å²) < 4.78 is 21.6. The highest BCUT2D eigenvalue weighted by molar-refractivity contribution is 7.72. The molecule has 0 saturated carbocycles. The minimum Gasteiger partial charge on any atom is -0.232 e. The molecule has 23 heavy (non-hydrogen) atoms. The lowest BCUT2D eigenvalue weighted by Gasteiger charge is -1.82. The Morgan fingerprint density at radius 3 is 1.48 bits per heavy atom. The van der Waals surface area contributed by atoms with E-state index in [0.717, 1.165) is 0 Å². The molecule has 0 radical (unpaired) electrons. The summed E-state index contributed by atoms with van der Waals surface area (Å²) in [5, 5.41) is 6.93. The van der Waals surface area contributed by atoms with Gasteiger partial charge in [-0.2, -0.15) is 0 Å². The van der Waals surface area contributed by atoms with E-state index in [1.54, 1.807) is 29.6 Å². The van der Waals surface area contributed by atoms with Crippen molar-refractivity contribution in [3.63, 3.8) is 0 Å². The molecule has 0 fully saturated rings. The fourth-order valence-corrected chi connectivity index (χ4v) is 3.39. The van der Waals surface area contributed by atoms with E-state index in [1.165, 1.54) is 20.2 Å². The largest absolute Gasteiger partial charge is 0.232 e. The molecular weight excluding hydrogens is 344 g/mol. The highest BCUT2D eigenvalue weighted by Crippen LogP contribution is 2.19. The molecular formula is C18H18O2S3. The summed E-state index contributed by atoms with van der Waals surface area (Å²) in [6.45, 7) is 1.60. The average molecular weight is 363 g/mol. The molecule has 4 aromatic rings. The van der Waals surface area contributed by atoms with Gasteiger partial charge in [-0.1, -0.05) is 43.3 Å². The van der Waals surface area contributed by atoms with Gasteiger partial charge in [0.05, 0.1) is 0 Å². The topological polar surface area (TPSA) is 34.1 Å². The van der Waals surface area contributed by atoms with E-state index in [0.29, 0.717) is 0 Å². The van der Waals surface area contributed by atoms with Gasteiger partial charge in [-0.15, -0.1) is 22.7 Å². The molecule has 120 valence electrons. The van der Waals surface area contributed by atoms with E-state index in [1.807, 2.05) is 0 Å². The Hall–Kier alpha value is -1.69. The molecule has 2 nitrogen and oxygen atoms in total. The molecule has 0 amide bonds. The van der Waals surface area contributed by atoms with Crippen LogP contribution in [0.25, 0.3) is 20.2 Å². The van der Waals surface area contributed by atoms with Crippen molar-refractivity contribution >= 4 is 53.6 Å². The summed E-state index contributed by atoms with van der Waals surface area (Å²) in [5.74, 6) is 0.259. The molecule has 0 atom stereocenters. The van der Waals surface area contributed by atoms with E-state index >= 15 is 0 Å². The average Bonchev–Trinajstić information content (AvgIpc) is 3.24. The van der Waals surface area contributed by atoms with Crippen molar-refractivity contribution in [3.05, 3.63) is 71.4 Å². The van der Waals surface area contributed by atoms with Crippen molar-refractivity contribution in [2.45, 2.75) is 6.92 Å². The lowest BCUT2D eigenvalue weighted by Crippen LogP contribution is -1.73. The maximum absolute atomic E-state index is 9.41. The van der Waals surface area contributed by atoms with Crippen LogP contribution in [0.3, 0.4) is 0 Å². The zero-order chi connectivity index (χ0) is 16.5. The van der Waals surface area contributed by atoms with Crippen molar-refractivity contribution < 1.29 is 8.42 Å². The van der Waals surface area contributed by atoms with Crippen LogP contribution in [0.15, 0.2) is 71.4 Å². The van der Waals surface area contributed by atoms with Gasteiger partial charge in [-0.3, -0.25) is 0 Å². The van der Waals surface area contributed by atoms with Crippen LogP contribution >= 0.6 is 22.7 Å². The minimum absolute atomic E-state index is 0.259. The van der Waals surface area contributed by atoms with Gasteiger partial charge in [0, 0.05) is 15.2 Å². The van der Waals surface area contributed by atoms with Crippen molar-refractivity contribution in [2.75, 3.05) is 5.75 Å². The van der Waals surface area contributed by atoms with E-state index in [-0.39, 0.29) is 5.75 Å². The monoisotopic (exact) mass is 362 g/mol. The maximum Gasteiger partial charge on any atom is 0.139 e. The van der Waals surface area contributed by atoms with Crippen molar-refractivity contribution in [3.8, 4) is 0 Å². The number of benzene rings is 2. The summed E-state index contributed by atoms with van der Waals surface area (Å²) >= 11 is 3.57. The van der Waals surface area contributed by atoms with Crippen molar-refractivity contribution in [1.29, 1.82) is 0 Å². The van der Waals surface area contributed by atoms with Crippen LogP contribution in [0.1, 0.15) is 6.92 Å². The van der Waals surface area contributed by atoms with Crippen LogP contribution in [0.5, 0.6) is 0 Å². The van der Waals surface area contributed by atoms with Crippen LogP contribution < -0.4 is 0 Å². The molecule has 0 spiro atoms. The first-order chi connectivity index (χ1) is 11.2. The Balaban J connectivity index is 0.000000132. The fraction of sp³-hybridized carbons (Fsp3) is 0.111. The Bertz CT molecular complexity index is 785. The molecule has 0 bridgehead atoms. The van der Waals surface area contributed by atoms with E-state index in [2.05, 4.69) is 71.4 Å². The third-order valence-corrected chi connectivity index (χ3v) is 5.29. The first-order valence-corrected chi connectivity index (χ1v) is 10.3. The molecule has 0 aliphatic heterocycles. The van der Waals surface area contributed by atoms with E-state index in [9.17, 15) is 8.42 Å². The van der Waals surface area contributed by atoms with Crippen molar-refractivity contribution in [2.24, 2.45) is 0 Å². The lowest BCUT2D eigenvalue weighted by molar-refractivity contribution is 0.615. The number of hydrogen-bond donors (Lipinski definition) is 1. The van der Waals surface area contributed by atoms with Crippen LogP contribution in [0.2, 0.25) is 0 Å². The Kier molecular flexibility index (Phi) is 7.26. The molecule has 0 N–H and O–H groups in total. The van der Waals surface area contributed by atoms with Gasteiger partial charge < -0.3 is 0 Å². The Labute approximate surface area is 146 Å². The second-order valence-electron chi connectivity index (χ2n) is 4.57. The summed E-state index contributed by atoms with van der Waals surface area (Å²) in [6.07, 6.45) is 0. The lowest BCUT2D eigenvalue weighted by atomic mass is 10.3. The molecule has 0 saturated heterocycles. The van der Waals surface area contributed by atoms with Crippen LogP contribution in [0, 0.1) is 0 Å². The number of thiophene rings is 2. The van der Waals surface area contributed by atoms with E-state index in [4.69, 9.17) is 0 Å². The molecule has 0 aliphatic rings. The van der Waals surface area contributed by atoms with Gasteiger partial charge in [-0.25, -0.2) is 8.42 Å². The molecule has 2 aromatic heterocycles. The summed E-state index contributed by atoms with van der Waals surface area (Å²) in [4.78, 5) is 0. The third-order valence-electron chi connectivity index (χ3n) is 2.98. The molecule has 0 aliphatic carbocycles. The third kappa shape index (κ3) is 5.78. The minimum atomic E-state index is -2.10. The standard InChI is InChI=1S/2C8H6S.C2H6O2S/c2*1-2-4-8-7(3-1)5-6-9-8;1-2-5(3)4/h2*1-6H;5H,2H2,1H3. The Morgan fingerprint density at radius 1 is 0.739 bits per heavy atom. The number of fused-ring (bicyclic) bond motifs is 2. The summed E-state index contributed by atoms with van der Waals surface area (Å²) in [7, 11) is -2.10. The maximum atomic E-state index is 9.41. The van der Waals surface area contributed by atoms with Gasteiger partial charge in [0.25, 0.3) is 0 Å². The predicted molar refractivity (Wildman–Crippen MR) is 105 cm³/mol. The summed E-state index contributed by atoms with van der Waals surface area (Å²) in [5.41, 5.74) is 0. The smallest absolute Gasteiger partial charge is 0.139 e. The first kappa shape index (κ1) is 17.7. The van der Waals surface area contributed by atoms with Crippen LogP contribution in [0.4, 0.5) is 0 Å². The van der Waals surface area contributed by atoms with Gasteiger partial charge >= 0.3 is 0 Å². The molecule has 5 heteroatoms. The normalized spacial score (nSPS) is 10.0. The quantitative estimate of drug-likeness (QED) is 0.459. The fourth-order valence-electron chi connectivity index (χ4n) is 1.81. The van der Waals surface area contributed by atoms with Crippen molar-refractivity contribution in [1.82, 2.24) is 0 Å². The Morgan fingerprint density at radius 2 is 1.13 bits per heavy atom. The molecule has 4 rings (SSSR count). The molecule has 0 unspecified atom stereocenters. The number of thiol groups is 1. The highest BCUT2D eigenvalue weighted by atomic mass is 32.2. The SMILES string of the molecule is CC[SH](=O)=O.c1ccc2sccc2c1.c1ccc2sccc2c1. The van der Waals surface area contributed by atoms with Gasteiger partial charge in [0.1, 0.15) is 10.7 Å².